The molecule has 0 aliphatic carbocycles. The van der Waals surface area contributed by atoms with Crippen LogP contribution in [-0.4, -0.2) is 46.0 Å². The highest BCUT2D eigenvalue weighted by Gasteiger charge is 2.12. The maximum absolute atomic E-state index is 12.3. The normalized spacial score (nSPS) is 10.8. The highest BCUT2D eigenvalue weighted by atomic mass is 79.9. The number of hydrogen-bond donors (Lipinski definition) is 1. The molecule has 4 rings (SSSR count). The molecule has 8 nitrogen and oxygen atoms in total. The summed E-state index contributed by atoms with van der Waals surface area (Å²) in [5, 5.41) is 16.0. The number of halogens is 2. The lowest BCUT2D eigenvalue weighted by Gasteiger charge is -2.09. The molecule has 0 saturated heterocycles. The van der Waals surface area contributed by atoms with E-state index in [4.69, 9.17) is 21.1 Å². The summed E-state index contributed by atoms with van der Waals surface area (Å²) in [5.41, 5.74) is 1.83. The summed E-state index contributed by atoms with van der Waals surface area (Å²) in [6, 6.07) is 16.0. The molecule has 0 aliphatic heterocycles. The molecule has 0 fully saturated rings. The van der Waals surface area contributed by atoms with Gasteiger partial charge in [0.25, 0.3) is 5.91 Å². The first kappa shape index (κ1) is 21.1. The molecule has 1 amide bonds. The van der Waals surface area contributed by atoms with E-state index in [1.54, 1.807) is 42.0 Å². The van der Waals surface area contributed by atoms with E-state index < -0.39 is 0 Å². The minimum atomic E-state index is -0.279. The number of rotatable bonds is 7. The molecule has 2 heterocycles. The van der Waals surface area contributed by atoms with Crippen molar-refractivity contribution in [2.24, 2.45) is 0 Å². The number of benzene rings is 2. The number of aromatic nitrogens is 4. The van der Waals surface area contributed by atoms with Crippen molar-refractivity contribution >= 4 is 39.1 Å². The minimum Gasteiger partial charge on any atom is -0.497 e. The summed E-state index contributed by atoms with van der Waals surface area (Å²) in [5.74, 6) is 1.44. The predicted octanol–water partition coefficient (Wildman–Crippen LogP) is 4.02. The van der Waals surface area contributed by atoms with Gasteiger partial charge in [-0.25, -0.2) is 0 Å². The van der Waals surface area contributed by atoms with Gasteiger partial charge in [0.2, 0.25) is 5.88 Å². The molecular formula is C21H17BrClN5O3. The number of nitrogens with one attached hydrogen (secondary N) is 1. The SMILES string of the molecule is COc1ccc(-c2nnc3ccc(OCCNC(=O)c4cc(Br)ccc4Cl)nn23)cc1. The second kappa shape index (κ2) is 9.32. The van der Waals surface area contributed by atoms with Gasteiger partial charge in [-0.1, -0.05) is 27.5 Å². The monoisotopic (exact) mass is 501 g/mol. The molecule has 0 bridgehead atoms. The quantitative estimate of drug-likeness (QED) is 0.384. The average molecular weight is 503 g/mol. The molecule has 10 heteroatoms. The number of ether oxygens (including phenoxy) is 2. The zero-order valence-electron chi connectivity index (χ0n) is 16.4. The Balaban J connectivity index is 1.41. The number of nitrogens with zero attached hydrogens (tertiary/aromatic N) is 4. The Morgan fingerprint density at radius 1 is 1.13 bits per heavy atom. The zero-order chi connectivity index (χ0) is 21.8. The number of carbonyl (C=O) groups is 1. The maximum atomic E-state index is 12.3. The van der Waals surface area contributed by atoms with Gasteiger partial charge in [0.1, 0.15) is 12.4 Å². The third-order valence-electron chi connectivity index (χ3n) is 4.40. The third-order valence-corrected chi connectivity index (χ3v) is 5.22. The Kier molecular flexibility index (Phi) is 6.34. The molecule has 0 radical (unpaired) electrons. The van der Waals surface area contributed by atoms with Gasteiger partial charge < -0.3 is 14.8 Å². The van der Waals surface area contributed by atoms with Crippen LogP contribution in [0.2, 0.25) is 5.02 Å². The van der Waals surface area contributed by atoms with Gasteiger partial charge in [-0.3, -0.25) is 4.79 Å². The van der Waals surface area contributed by atoms with Crippen LogP contribution in [-0.2, 0) is 0 Å². The average Bonchev–Trinajstić information content (AvgIpc) is 3.21. The maximum Gasteiger partial charge on any atom is 0.252 e. The fourth-order valence-corrected chi connectivity index (χ4v) is 3.42. The molecule has 0 aliphatic rings. The fourth-order valence-electron chi connectivity index (χ4n) is 2.86. The topological polar surface area (TPSA) is 90.6 Å². The van der Waals surface area contributed by atoms with Crippen molar-refractivity contribution in [2.75, 3.05) is 20.3 Å². The Bertz CT molecular complexity index is 1230. The number of carbonyl (C=O) groups excluding carboxylic acids is 1. The van der Waals surface area contributed by atoms with Gasteiger partial charge >= 0.3 is 0 Å². The van der Waals surface area contributed by atoms with E-state index in [0.717, 1.165) is 15.8 Å². The molecule has 0 saturated carbocycles. The van der Waals surface area contributed by atoms with Crippen molar-refractivity contribution < 1.29 is 14.3 Å². The lowest BCUT2D eigenvalue weighted by Crippen LogP contribution is -2.28. The number of amides is 1. The van der Waals surface area contributed by atoms with Crippen LogP contribution in [0.1, 0.15) is 10.4 Å². The standard InChI is InChI=1S/C21H17BrClN5O3/c1-30-15-5-2-13(3-6-15)20-26-25-18-8-9-19(27-28(18)20)31-11-10-24-21(29)16-12-14(22)4-7-17(16)23/h2-9,12H,10-11H2,1H3,(H,24,29). The van der Waals surface area contributed by atoms with E-state index in [0.29, 0.717) is 27.9 Å². The molecule has 0 spiro atoms. The van der Waals surface area contributed by atoms with Gasteiger partial charge in [-0.2, -0.15) is 4.52 Å². The summed E-state index contributed by atoms with van der Waals surface area (Å²) < 4.78 is 13.3. The van der Waals surface area contributed by atoms with Crippen LogP contribution < -0.4 is 14.8 Å². The van der Waals surface area contributed by atoms with E-state index >= 15 is 0 Å². The first-order chi connectivity index (χ1) is 15.0. The Hall–Kier alpha value is -3.17. The fraction of sp³-hybridized carbons (Fsp3) is 0.143. The molecule has 4 aromatic rings. The van der Waals surface area contributed by atoms with Gasteiger partial charge in [0.15, 0.2) is 11.5 Å². The van der Waals surface area contributed by atoms with Crippen molar-refractivity contribution in [3.63, 3.8) is 0 Å². The van der Waals surface area contributed by atoms with Crippen LogP contribution in [0, 0.1) is 0 Å². The van der Waals surface area contributed by atoms with Crippen LogP contribution >= 0.6 is 27.5 Å². The van der Waals surface area contributed by atoms with E-state index in [2.05, 4.69) is 36.5 Å². The zero-order valence-corrected chi connectivity index (χ0v) is 18.7. The summed E-state index contributed by atoms with van der Waals surface area (Å²) in [6.45, 7) is 0.519. The molecule has 158 valence electrons. The van der Waals surface area contributed by atoms with E-state index in [9.17, 15) is 4.79 Å². The van der Waals surface area contributed by atoms with Crippen molar-refractivity contribution in [1.82, 2.24) is 25.1 Å². The van der Waals surface area contributed by atoms with Crippen molar-refractivity contribution in [3.05, 3.63) is 69.7 Å². The second-order valence-electron chi connectivity index (χ2n) is 6.42. The lowest BCUT2D eigenvalue weighted by molar-refractivity contribution is 0.0946. The van der Waals surface area contributed by atoms with Gasteiger partial charge in [0.05, 0.1) is 24.2 Å². The van der Waals surface area contributed by atoms with E-state index in [1.165, 1.54) is 0 Å². The number of fused-ring (bicyclic) bond motifs is 1. The molecule has 31 heavy (non-hydrogen) atoms. The summed E-state index contributed by atoms with van der Waals surface area (Å²) in [7, 11) is 1.61. The smallest absolute Gasteiger partial charge is 0.252 e. The third kappa shape index (κ3) is 4.78. The molecular weight excluding hydrogens is 486 g/mol. The first-order valence-corrected chi connectivity index (χ1v) is 10.4. The molecule has 2 aromatic carbocycles. The van der Waals surface area contributed by atoms with Crippen LogP contribution in [0.15, 0.2) is 59.1 Å². The molecule has 0 atom stereocenters. The molecule has 2 aromatic heterocycles. The highest BCUT2D eigenvalue weighted by molar-refractivity contribution is 9.10. The predicted molar refractivity (Wildman–Crippen MR) is 120 cm³/mol. The van der Waals surface area contributed by atoms with Gasteiger partial charge in [-0.05, 0) is 48.5 Å². The number of methoxy groups -OCH3 is 1. The minimum absolute atomic E-state index is 0.232. The number of hydrogen-bond acceptors (Lipinski definition) is 6. The van der Waals surface area contributed by atoms with Crippen LogP contribution in [0.25, 0.3) is 17.0 Å². The first-order valence-electron chi connectivity index (χ1n) is 9.28. The van der Waals surface area contributed by atoms with Crippen molar-refractivity contribution in [3.8, 4) is 23.0 Å². The summed E-state index contributed by atoms with van der Waals surface area (Å²) >= 11 is 9.42. The van der Waals surface area contributed by atoms with Crippen molar-refractivity contribution in [1.29, 1.82) is 0 Å². The highest BCUT2D eigenvalue weighted by Crippen LogP contribution is 2.22. The van der Waals surface area contributed by atoms with Crippen LogP contribution in [0.3, 0.4) is 0 Å². The Labute approximate surface area is 191 Å². The molecule has 1 N–H and O–H groups in total. The molecule has 0 unspecified atom stereocenters. The second-order valence-corrected chi connectivity index (χ2v) is 7.75. The lowest BCUT2D eigenvalue weighted by atomic mass is 10.2. The van der Waals surface area contributed by atoms with Crippen molar-refractivity contribution in [2.45, 2.75) is 0 Å². The van der Waals surface area contributed by atoms with Gasteiger partial charge in [-0.15, -0.1) is 15.3 Å². The summed E-state index contributed by atoms with van der Waals surface area (Å²) in [4.78, 5) is 12.3. The van der Waals surface area contributed by atoms with Crippen LogP contribution in [0.4, 0.5) is 0 Å². The van der Waals surface area contributed by atoms with Gasteiger partial charge in [0, 0.05) is 16.1 Å². The Morgan fingerprint density at radius 3 is 2.71 bits per heavy atom. The van der Waals surface area contributed by atoms with Crippen LogP contribution in [0.5, 0.6) is 11.6 Å². The largest absolute Gasteiger partial charge is 0.497 e. The Morgan fingerprint density at radius 2 is 1.94 bits per heavy atom. The summed E-state index contributed by atoms with van der Waals surface area (Å²) in [6.07, 6.45) is 0. The van der Waals surface area contributed by atoms with E-state index in [-0.39, 0.29) is 19.1 Å². The van der Waals surface area contributed by atoms with E-state index in [1.807, 2.05) is 24.3 Å².